The summed E-state index contributed by atoms with van der Waals surface area (Å²) in [6.45, 7) is 4.18. The molecule has 1 saturated heterocycles. The number of fused-ring (bicyclic) bond motifs is 3. The largest absolute Gasteiger partial charge is 0.309 e. The number of amides is 1. The maximum absolute atomic E-state index is 12.7. The molecule has 3 nitrogen and oxygen atoms in total. The van der Waals surface area contributed by atoms with Gasteiger partial charge in [-0.3, -0.25) is 9.69 Å². The zero-order chi connectivity index (χ0) is 17.2. The predicted molar refractivity (Wildman–Crippen MR) is 102 cm³/mol. The molecule has 3 heteroatoms. The number of para-hydroxylation sites is 1. The minimum absolute atomic E-state index is 0.230. The van der Waals surface area contributed by atoms with Crippen molar-refractivity contribution >= 4 is 11.6 Å². The van der Waals surface area contributed by atoms with Crippen molar-refractivity contribution in [3.05, 3.63) is 65.7 Å². The van der Waals surface area contributed by atoms with Crippen LogP contribution in [0.4, 0.5) is 5.69 Å². The van der Waals surface area contributed by atoms with Crippen LogP contribution in [0.5, 0.6) is 0 Å². The summed E-state index contributed by atoms with van der Waals surface area (Å²) in [6.07, 6.45) is 3.78. The highest BCUT2D eigenvalue weighted by atomic mass is 16.2. The highest BCUT2D eigenvalue weighted by Gasteiger charge is 2.37. The first-order valence-corrected chi connectivity index (χ1v) is 9.47. The molecule has 2 aromatic carbocycles. The van der Waals surface area contributed by atoms with Gasteiger partial charge >= 0.3 is 0 Å². The molecule has 1 fully saturated rings. The van der Waals surface area contributed by atoms with E-state index < -0.39 is 0 Å². The summed E-state index contributed by atoms with van der Waals surface area (Å²) in [6, 6.07) is 19.8. The Balaban J connectivity index is 1.64. The maximum atomic E-state index is 12.7. The van der Waals surface area contributed by atoms with Crippen molar-refractivity contribution in [1.82, 2.24) is 4.90 Å². The van der Waals surface area contributed by atoms with Crippen LogP contribution >= 0.6 is 0 Å². The zero-order valence-corrected chi connectivity index (χ0v) is 14.9. The van der Waals surface area contributed by atoms with Gasteiger partial charge in [-0.25, -0.2) is 0 Å². The van der Waals surface area contributed by atoms with E-state index in [2.05, 4.69) is 46.2 Å². The van der Waals surface area contributed by atoms with Crippen LogP contribution in [-0.4, -0.2) is 29.9 Å². The van der Waals surface area contributed by atoms with Gasteiger partial charge in [-0.1, -0.05) is 49.4 Å². The maximum Gasteiger partial charge on any atom is 0.226 e. The number of rotatable bonds is 3. The van der Waals surface area contributed by atoms with E-state index in [9.17, 15) is 4.79 Å². The first kappa shape index (κ1) is 16.3. The third-order valence-corrected chi connectivity index (χ3v) is 5.74. The van der Waals surface area contributed by atoms with E-state index in [1.165, 1.54) is 11.1 Å². The van der Waals surface area contributed by atoms with Gasteiger partial charge in [-0.15, -0.1) is 0 Å². The summed E-state index contributed by atoms with van der Waals surface area (Å²) in [5.41, 5.74) is 3.99. The minimum Gasteiger partial charge on any atom is -0.309 e. The van der Waals surface area contributed by atoms with Crippen molar-refractivity contribution in [2.75, 3.05) is 18.0 Å². The monoisotopic (exact) mass is 334 g/mol. The van der Waals surface area contributed by atoms with E-state index in [0.29, 0.717) is 12.5 Å². The van der Waals surface area contributed by atoms with Gasteiger partial charge in [0.1, 0.15) is 0 Å². The van der Waals surface area contributed by atoms with E-state index in [1.54, 1.807) is 0 Å². The standard InChI is InChI=1S/C22H26N2O/c1-2-22(25)24(18-9-4-3-5-10-18)19-13-15-23-14-12-17-8-6-7-11-20(17)21(23)16-19/h3-11,19,21H,2,12-16H2,1H3/t19-,21+/m1/s1. The third kappa shape index (κ3) is 3.09. The molecule has 0 unspecified atom stereocenters. The lowest BCUT2D eigenvalue weighted by atomic mass is 9.84. The number of nitrogens with zero attached hydrogens (tertiary/aromatic N) is 2. The van der Waals surface area contributed by atoms with Crippen molar-refractivity contribution in [3.63, 3.8) is 0 Å². The van der Waals surface area contributed by atoms with Crippen LogP contribution in [-0.2, 0) is 11.2 Å². The molecule has 2 aliphatic heterocycles. The van der Waals surface area contributed by atoms with Gasteiger partial charge in [-0.05, 0) is 42.5 Å². The Labute approximate surface area is 150 Å². The van der Waals surface area contributed by atoms with Crippen LogP contribution < -0.4 is 4.90 Å². The molecule has 0 bridgehead atoms. The molecule has 0 N–H and O–H groups in total. The lowest BCUT2D eigenvalue weighted by molar-refractivity contribution is -0.119. The van der Waals surface area contributed by atoms with Gasteiger partial charge in [0.2, 0.25) is 5.91 Å². The highest BCUT2D eigenvalue weighted by Crippen LogP contribution is 2.39. The molecule has 2 aliphatic rings. The zero-order valence-electron chi connectivity index (χ0n) is 14.9. The molecule has 2 aromatic rings. The van der Waals surface area contributed by atoms with E-state index in [0.717, 1.165) is 38.0 Å². The molecular formula is C22H26N2O. The summed E-state index contributed by atoms with van der Waals surface area (Å²) in [4.78, 5) is 17.4. The Kier molecular flexibility index (Phi) is 4.58. The Hall–Kier alpha value is -2.13. The van der Waals surface area contributed by atoms with Gasteiger partial charge in [0, 0.05) is 37.3 Å². The van der Waals surface area contributed by atoms with E-state index >= 15 is 0 Å². The molecule has 0 saturated carbocycles. The number of hydrogen-bond donors (Lipinski definition) is 0. The topological polar surface area (TPSA) is 23.6 Å². The molecule has 4 rings (SSSR count). The van der Waals surface area contributed by atoms with Crippen LogP contribution in [0.15, 0.2) is 54.6 Å². The number of anilines is 1. The normalized spacial score (nSPS) is 22.8. The number of piperidine rings is 1. The minimum atomic E-state index is 0.230. The molecule has 1 amide bonds. The summed E-state index contributed by atoms with van der Waals surface area (Å²) in [5.74, 6) is 0.230. The van der Waals surface area contributed by atoms with Gasteiger partial charge in [0.25, 0.3) is 0 Å². The first-order valence-electron chi connectivity index (χ1n) is 9.47. The second-order valence-corrected chi connectivity index (χ2v) is 7.13. The molecule has 0 aromatic heterocycles. The molecule has 0 spiro atoms. The molecule has 25 heavy (non-hydrogen) atoms. The molecule has 0 aliphatic carbocycles. The van der Waals surface area contributed by atoms with Gasteiger partial charge in [0.15, 0.2) is 0 Å². The van der Waals surface area contributed by atoms with Crippen LogP contribution in [0.2, 0.25) is 0 Å². The quantitative estimate of drug-likeness (QED) is 0.840. The summed E-state index contributed by atoms with van der Waals surface area (Å²) in [7, 11) is 0. The third-order valence-electron chi connectivity index (χ3n) is 5.74. The Morgan fingerprint density at radius 2 is 1.84 bits per heavy atom. The average Bonchev–Trinajstić information content (AvgIpc) is 2.68. The SMILES string of the molecule is CCC(=O)N(c1ccccc1)[C@@H]1CCN2CCc3ccccc3[C@@H]2C1. The smallest absolute Gasteiger partial charge is 0.226 e. The van der Waals surface area contributed by atoms with Gasteiger partial charge < -0.3 is 4.90 Å². The predicted octanol–water partition coefficient (Wildman–Crippen LogP) is 4.19. The summed E-state index contributed by atoms with van der Waals surface area (Å²) >= 11 is 0. The van der Waals surface area contributed by atoms with Crippen molar-refractivity contribution in [2.45, 2.75) is 44.7 Å². The van der Waals surface area contributed by atoms with Gasteiger partial charge in [0.05, 0.1) is 0 Å². The van der Waals surface area contributed by atoms with E-state index in [4.69, 9.17) is 0 Å². The number of benzene rings is 2. The van der Waals surface area contributed by atoms with Crippen LogP contribution in [0.1, 0.15) is 43.4 Å². The van der Waals surface area contributed by atoms with Crippen molar-refractivity contribution < 1.29 is 4.79 Å². The van der Waals surface area contributed by atoms with Crippen molar-refractivity contribution in [2.24, 2.45) is 0 Å². The number of hydrogen-bond acceptors (Lipinski definition) is 2. The van der Waals surface area contributed by atoms with Crippen LogP contribution in [0.3, 0.4) is 0 Å². The molecule has 0 radical (unpaired) electrons. The Morgan fingerprint density at radius 3 is 2.64 bits per heavy atom. The highest BCUT2D eigenvalue weighted by molar-refractivity contribution is 5.93. The molecule has 130 valence electrons. The fraction of sp³-hybridized carbons (Fsp3) is 0.409. The van der Waals surface area contributed by atoms with Crippen LogP contribution in [0, 0.1) is 0 Å². The van der Waals surface area contributed by atoms with Crippen molar-refractivity contribution in [1.29, 1.82) is 0 Å². The summed E-state index contributed by atoms with van der Waals surface area (Å²) < 4.78 is 0. The average molecular weight is 334 g/mol. The fourth-order valence-electron chi connectivity index (χ4n) is 4.49. The number of carbonyl (C=O) groups excluding carboxylic acids is 1. The second-order valence-electron chi connectivity index (χ2n) is 7.13. The van der Waals surface area contributed by atoms with Crippen molar-refractivity contribution in [3.8, 4) is 0 Å². The second kappa shape index (κ2) is 7.01. The molecular weight excluding hydrogens is 308 g/mol. The van der Waals surface area contributed by atoms with E-state index in [-0.39, 0.29) is 11.9 Å². The summed E-state index contributed by atoms with van der Waals surface area (Å²) in [5, 5.41) is 0. The first-order chi connectivity index (χ1) is 12.3. The number of carbonyl (C=O) groups is 1. The Morgan fingerprint density at radius 1 is 1.08 bits per heavy atom. The van der Waals surface area contributed by atoms with E-state index in [1.807, 2.05) is 25.1 Å². The molecule has 2 atom stereocenters. The lowest BCUT2D eigenvalue weighted by Crippen LogP contribution is -2.50. The van der Waals surface area contributed by atoms with Gasteiger partial charge in [-0.2, -0.15) is 0 Å². The fourth-order valence-corrected chi connectivity index (χ4v) is 4.49. The van der Waals surface area contributed by atoms with Crippen LogP contribution in [0.25, 0.3) is 0 Å². The molecule has 2 heterocycles. The Bertz CT molecular complexity index is 743. The lowest BCUT2D eigenvalue weighted by Gasteiger charge is -2.46.